The molecule has 5 aliphatic heterocycles. The van der Waals surface area contributed by atoms with Gasteiger partial charge in [-0.1, -0.05) is 11.6 Å². The molecule has 42 heteroatoms. The maximum Gasteiger partial charge on any atom is 0.345 e. The van der Waals surface area contributed by atoms with E-state index in [0.29, 0.717) is 88.2 Å². The van der Waals surface area contributed by atoms with Gasteiger partial charge in [0.05, 0.1) is 77.3 Å². The van der Waals surface area contributed by atoms with E-state index in [2.05, 4.69) is 81.1 Å². The van der Waals surface area contributed by atoms with Crippen LogP contribution in [0.5, 0.6) is 17.6 Å². The van der Waals surface area contributed by atoms with Crippen LogP contribution in [0.4, 0.5) is 58.3 Å². The lowest BCUT2D eigenvalue weighted by atomic mass is 10.1. The number of nitrogens with zero attached hydrogens (tertiary/aromatic N) is 18. The Morgan fingerprint density at radius 2 is 1.04 bits per heavy atom. The van der Waals surface area contributed by atoms with Gasteiger partial charge in [-0.15, -0.1) is 20.4 Å². The third kappa shape index (κ3) is 17.3. The van der Waals surface area contributed by atoms with Crippen molar-refractivity contribution in [2.45, 2.75) is 89.4 Å². The zero-order valence-electron chi connectivity index (χ0n) is 63.1. The van der Waals surface area contributed by atoms with Gasteiger partial charge in [0.1, 0.15) is 74.7 Å². The number of aromatic amines is 1. The van der Waals surface area contributed by atoms with Gasteiger partial charge < -0.3 is 87.4 Å². The van der Waals surface area contributed by atoms with Gasteiger partial charge in [-0.05, 0) is 120 Å². The van der Waals surface area contributed by atoms with Crippen molar-refractivity contribution in [3.05, 3.63) is 181 Å². The third-order valence-electron chi connectivity index (χ3n) is 19.4. The Morgan fingerprint density at radius 3 is 1.59 bits per heavy atom. The van der Waals surface area contributed by atoms with E-state index < -0.39 is 35.3 Å². The molecule has 12 aromatic heterocycles. The van der Waals surface area contributed by atoms with Gasteiger partial charge in [-0.2, -0.15) is 0 Å². The molecule has 4 fully saturated rings. The fourth-order valence-corrected chi connectivity index (χ4v) is 14.5. The first-order valence-corrected chi connectivity index (χ1v) is 37.3. The van der Waals surface area contributed by atoms with E-state index in [9.17, 15) is 41.5 Å². The number of H-pyrrole nitrogens is 1. The summed E-state index contributed by atoms with van der Waals surface area (Å²) in [5, 5.41) is 34.1. The summed E-state index contributed by atoms with van der Waals surface area (Å²) in [6.07, 6.45) is 18.1. The van der Waals surface area contributed by atoms with Gasteiger partial charge in [0.15, 0.2) is 45.9 Å². The van der Waals surface area contributed by atoms with Crippen LogP contribution in [0, 0.1) is 23.3 Å². The van der Waals surface area contributed by atoms with Crippen molar-refractivity contribution in [2.75, 3.05) is 118 Å². The van der Waals surface area contributed by atoms with Gasteiger partial charge in [-0.25, -0.2) is 80.1 Å². The number of aliphatic hydroxyl groups excluding tert-OH is 1. The van der Waals surface area contributed by atoms with Crippen LogP contribution < -0.4 is 73.4 Å². The number of halogens is 5. The number of fused-ring (bicyclic) bond motifs is 8. The molecule has 0 aromatic carbocycles. The topological polar surface area (TPSA) is 477 Å². The van der Waals surface area contributed by atoms with Crippen LogP contribution in [0.1, 0.15) is 153 Å². The Morgan fingerprint density at radius 1 is 0.578 bits per heavy atom. The highest BCUT2D eigenvalue weighted by atomic mass is 35.5. The largest absolute Gasteiger partial charge is 0.481 e. The molecular formula is C74H81ClF4N26O11. The molecule has 0 spiro atoms. The van der Waals surface area contributed by atoms with E-state index in [1.54, 1.807) is 63.9 Å². The highest BCUT2D eigenvalue weighted by molar-refractivity contribution is 6.29. The highest BCUT2D eigenvalue weighted by Crippen LogP contribution is 2.42. The monoisotopic (exact) mass is 1620 g/mol. The number of carbonyl (C=O) groups excluding carboxylic acids is 4. The molecule has 0 radical (unpaired) electrons. The first-order valence-electron chi connectivity index (χ1n) is 36.9. The van der Waals surface area contributed by atoms with Crippen LogP contribution in [0.25, 0.3) is 22.6 Å². The zero-order chi connectivity index (χ0) is 82.0. The lowest BCUT2D eigenvalue weighted by Crippen LogP contribution is -2.29. The van der Waals surface area contributed by atoms with Crippen molar-refractivity contribution in [3.8, 4) is 17.6 Å². The molecule has 37 nitrogen and oxygen atoms in total. The summed E-state index contributed by atoms with van der Waals surface area (Å²) in [4.78, 5) is 99.5. The van der Waals surface area contributed by atoms with Gasteiger partial charge in [0, 0.05) is 85.5 Å². The molecule has 12 aromatic rings. The molecular weight excluding hydrogens is 1540 g/mol. The molecule has 4 unspecified atom stereocenters. The lowest BCUT2D eigenvalue weighted by Gasteiger charge is -2.27. The fraction of sp³-hybridized carbons (Fsp3) is 0.351. The maximum absolute atomic E-state index is 14.0. The molecule has 17 heterocycles. The Kier molecular flexibility index (Phi) is 24.9. The minimum absolute atomic E-state index is 0.0182. The van der Waals surface area contributed by atoms with Crippen molar-refractivity contribution < 1.29 is 65.5 Å². The SMILES string of the molecule is CCOC(=O)c1c(N)nn2ccc(Cl)nc12.CCOC(=O)c1c(N)nn2ccc(N3CCCC3c3cc(F)cnc3OC)nc12.COc1ncc(F)cc1C1CCCN1.Nc1nn2ccc(N3CCCC3c3cc(F)c[nH]c3=O)nc2c1C(=O)NCCO.Nc1nn2ccc3nc2c1C(=O)NCCOc1ncc(F)cc1C1CCCN31. The molecule has 2 amide bonds. The second-order valence-electron chi connectivity index (χ2n) is 26.6. The average Bonchev–Trinajstić information content (AvgIpc) is 1.63. The molecule has 13 N–H and O–H groups in total. The summed E-state index contributed by atoms with van der Waals surface area (Å²) in [5.74, 6) is -0.297. The van der Waals surface area contributed by atoms with Gasteiger partial charge in [-0.3, -0.25) is 14.4 Å². The van der Waals surface area contributed by atoms with Crippen LogP contribution in [0.15, 0.2) is 103 Å². The van der Waals surface area contributed by atoms with E-state index in [1.807, 2.05) is 15.9 Å². The summed E-state index contributed by atoms with van der Waals surface area (Å²) >= 11 is 5.74. The van der Waals surface area contributed by atoms with Crippen LogP contribution in [0.2, 0.25) is 5.15 Å². The molecule has 0 aliphatic carbocycles. The van der Waals surface area contributed by atoms with Crippen molar-refractivity contribution in [2.24, 2.45) is 0 Å². The summed E-state index contributed by atoms with van der Waals surface area (Å²) in [6.45, 7) is 7.26. The first-order chi connectivity index (χ1) is 56.1. The van der Waals surface area contributed by atoms with Crippen molar-refractivity contribution in [1.29, 1.82) is 0 Å². The molecule has 4 saturated heterocycles. The standard InChI is InChI=1S/C19H21FN6O3.C18H20FN7O3.C18H18FN7O2.C10H13FN2O.C9H9ClN4O2/c1-3-29-19(27)15-16(21)24-26-8-6-14(23-17(15)26)25-7-4-5-13(25)12-9-11(20)10-22-18(12)28-2;19-10-8-11(17(28)22-9-10)12-2-1-5-25(12)13-3-6-26-16(23-13)14(15(20)24-26)18(29)21-4-7-27;19-10-8-11-12-2-1-5-25(12)13-3-6-26-16(23-13)14(15(20)24-26)17(27)21-4-7-28-18(11)22-9-10;1-14-10-8(5-7(11)6-13-10)9-3-2-4-12-9;1-2-16-9(15)6-7(11)13-14-4-3-5(10)12-8(6)14/h6,8-10,13H,3-5,7H2,1-2H3,(H2,21,24);3,6,8-9,12,27H,1-2,4-5,7H2,(H2,20,24)(H,21,29)(H,22,28);3,6,8-9,12H,1-2,4-5,7H2,(H2,20,24)(H,21,27);5-6,9,12H,2-4H2,1H3;3-4H,2H2,1H3,(H2,11,13). The van der Waals surface area contributed by atoms with Crippen LogP contribution in [0.3, 0.4) is 0 Å². The second kappa shape index (κ2) is 35.8. The molecule has 608 valence electrons. The van der Waals surface area contributed by atoms with E-state index in [0.717, 1.165) is 82.2 Å². The molecule has 0 saturated carbocycles. The second-order valence-corrected chi connectivity index (χ2v) is 27.0. The van der Waals surface area contributed by atoms with Crippen molar-refractivity contribution in [3.63, 3.8) is 0 Å². The normalized spacial score (nSPS) is 16.9. The number of nitrogen functional groups attached to an aromatic ring is 4. The maximum atomic E-state index is 14.0. The first kappa shape index (κ1) is 80.7. The van der Waals surface area contributed by atoms with Crippen molar-refractivity contribution >= 4 is 98.7 Å². The van der Waals surface area contributed by atoms with Crippen molar-refractivity contribution in [1.82, 2.24) is 94.3 Å². The number of rotatable bonds is 14. The predicted molar refractivity (Wildman–Crippen MR) is 414 cm³/mol. The number of nitrogens with two attached hydrogens (primary N) is 4. The smallest absolute Gasteiger partial charge is 0.345 e. The number of aromatic nitrogens is 16. The molecule has 5 aliphatic rings. The zero-order valence-corrected chi connectivity index (χ0v) is 63.8. The van der Waals surface area contributed by atoms with E-state index in [4.69, 9.17) is 63.3 Å². The number of aliphatic hydroxyl groups is 1. The number of hydrogen-bond acceptors (Lipinski definition) is 30. The van der Waals surface area contributed by atoms with E-state index in [-0.39, 0.29) is 137 Å². The fourth-order valence-electron chi connectivity index (χ4n) is 14.4. The number of carbonyl (C=O) groups is 4. The molecule has 4 atom stereocenters. The number of esters is 2. The number of pyridine rings is 4. The minimum Gasteiger partial charge on any atom is -0.481 e. The Bertz CT molecular complexity index is 5690. The number of methoxy groups -OCH3 is 2. The summed E-state index contributed by atoms with van der Waals surface area (Å²) in [7, 11) is 3.06. The number of ether oxygens (including phenoxy) is 5. The summed E-state index contributed by atoms with van der Waals surface area (Å²) in [6, 6.07) is 12.1. The van der Waals surface area contributed by atoms with E-state index >= 15 is 0 Å². The van der Waals surface area contributed by atoms with Gasteiger partial charge in [0.2, 0.25) is 17.6 Å². The molecule has 116 heavy (non-hydrogen) atoms. The average molecular weight is 1620 g/mol. The quantitative estimate of drug-likeness (QED) is 0.0311. The van der Waals surface area contributed by atoms with Crippen LogP contribution in [-0.4, -0.2) is 187 Å². The van der Waals surface area contributed by atoms with Gasteiger partial charge in [0.25, 0.3) is 17.4 Å². The van der Waals surface area contributed by atoms with Crippen LogP contribution in [-0.2, 0) is 9.47 Å². The Balaban J connectivity index is 0.000000129. The lowest BCUT2D eigenvalue weighted by molar-refractivity contribution is 0.0519. The molecule has 17 rings (SSSR count). The third-order valence-corrected chi connectivity index (χ3v) is 19.6. The number of nitrogens with one attached hydrogen (secondary N) is 4. The summed E-state index contributed by atoms with van der Waals surface area (Å²) < 4.78 is 86.3. The number of anilines is 7. The molecule has 2 bridgehead atoms. The Hall–Kier alpha value is -13.3. The Labute approximate surface area is 661 Å². The number of amides is 2. The highest BCUT2D eigenvalue weighted by Gasteiger charge is 2.36. The number of hydrogen-bond donors (Lipinski definition) is 9. The minimum atomic E-state index is -0.571. The van der Waals surface area contributed by atoms with Gasteiger partial charge >= 0.3 is 11.9 Å². The van der Waals surface area contributed by atoms with Crippen LogP contribution >= 0.6 is 11.6 Å². The summed E-state index contributed by atoms with van der Waals surface area (Å²) in [5.41, 5.74) is 27.4. The van der Waals surface area contributed by atoms with E-state index in [1.165, 1.54) is 55.6 Å². The predicted octanol–water partition coefficient (Wildman–Crippen LogP) is 6.68.